The Morgan fingerprint density at radius 1 is 1.32 bits per heavy atom. The molecule has 0 radical (unpaired) electrons. The molecule has 3 heterocycles. The van der Waals surface area contributed by atoms with Crippen molar-refractivity contribution in [3.05, 3.63) is 41.1 Å². The summed E-state index contributed by atoms with van der Waals surface area (Å²) >= 11 is 0. The van der Waals surface area contributed by atoms with E-state index in [1.165, 1.54) is 0 Å². The number of piperazine rings is 1. The van der Waals surface area contributed by atoms with Gasteiger partial charge < -0.3 is 10.2 Å². The van der Waals surface area contributed by atoms with Gasteiger partial charge in [0.25, 0.3) is 0 Å². The quantitative estimate of drug-likeness (QED) is 0.846. The number of aromatic nitrogens is 3. The molecule has 114 valence electrons. The lowest BCUT2D eigenvalue weighted by atomic mass is 9.96. The lowest BCUT2D eigenvalue weighted by Crippen LogP contribution is -2.48. The van der Waals surface area contributed by atoms with E-state index >= 15 is 0 Å². The first-order valence-corrected chi connectivity index (χ1v) is 7.63. The van der Waals surface area contributed by atoms with Gasteiger partial charge in [-0.05, 0) is 19.1 Å². The van der Waals surface area contributed by atoms with Gasteiger partial charge in [-0.1, -0.05) is 0 Å². The largest absolute Gasteiger partial charge is 0.368 e. The lowest BCUT2D eigenvalue weighted by molar-refractivity contribution is 0.263. The Bertz CT molecular complexity index is 722. The molecular formula is C15H19N7. The predicted molar refractivity (Wildman–Crippen MR) is 82.7 cm³/mol. The van der Waals surface area contributed by atoms with E-state index in [4.69, 9.17) is 0 Å². The van der Waals surface area contributed by atoms with Crippen LogP contribution in [0.4, 0.5) is 0 Å². The number of rotatable bonds is 1. The average molecular weight is 297 g/mol. The Morgan fingerprint density at radius 3 is 3.09 bits per heavy atom. The normalized spacial score (nSPS) is 24.0. The van der Waals surface area contributed by atoms with Crippen LogP contribution in [0.25, 0.3) is 5.57 Å². The molecule has 0 saturated carbocycles. The van der Waals surface area contributed by atoms with Crippen molar-refractivity contribution in [1.82, 2.24) is 25.2 Å². The van der Waals surface area contributed by atoms with Gasteiger partial charge in [0.15, 0.2) is 0 Å². The van der Waals surface area contributed by atoms with Gasteiger partial charge >= 0.3 is 0 Å². The first kappa shape index (κ1) is 13.4. The number of hydrogen-bond donors (Lipinski definition) is 1. The lowest BCUT2D eigenvalue weighted by Gasteiger charge is -2.35. The predicted octanol–water partition coefficient (Wildman–Crippen LogP) is 1.24. The van der Waals surface area contributed by atoms with Gasteiger partial charge in [0.2, 0.25) is 0 Å². The SMILES string of the molecule is CC1CN(C2=C3C(=CCc4nn(C)nc43)N=NC=C2)CCN1. The van der Waals surface area contributed by atoms with Crippen LogP contribution < -0.4 is 5.32 Å². The Hall–Kier alpha value is -2.28. The fourth-order valence-electron chi connectivity index (χ4n) is 3.24. The number of allylic oxidation sites excluding steroid dienone is 3. The number of fused-ring (bicyclic) bond motifs is 3. The highest BCUT2D eigenvalue weighted by atomic mass is 15.5. The van der Waals surface area contributed by atoms with Crippen molar-refractivity contribution in [2.75, 3.05) is 19.6 Å². The molecule has 22 heavy (non-hydrogen) atoms. The van der Waals surface area contributed by atoms with Crippen molar-refractivity contribution >= 4 is 5.57 Å². The number of nitrogens with zero attached hydrogens (tertiary/aromatic N) is 6. The summed E-state index contributed by atoms with van der Waals surface area (Å²) in [6.45, 7) is 5.12. The zero-order chi connectivity index (χ0) is 15.1. The summed E-state index contributed by atoms with van der Waals surface area (Å²) in [6, 6.07) is 0.463. The molecule has 1 aliphatic carbocycles. The van der Waals surface area contributed by atoms with Crippen LogP contribution in [0.3, 0.4) is 0 Å². The summed E-state index contributed by atoms with van der Waals surface area (Å²) in [4.78, 5) is 4.03. The van der Waals surface area contributed by atoms with E-state index in [0.717, 1.165) is 54.4 Å². The highest BCUT2D eigenvalue weighted by molar-refractivity contribution is 5.83. The third-order valence-corrected chi connectivity index (χ3v) is 4.20. The summed E-state index contributed by atoms with van der Waals surface area (Å²) in [5.74, 6) is 0. The number of aryl methyl sites for hydroxylation is 1. The summed E-state index contributed by atoms with van der Waals surface area (Å²) < 4.78 is 0. The molecule has 7 nitrogen and oxygen atoms in total. The van der Waals surface area contributed by atoms with Crippen LogP contribution in [0.15, 0.2) is 40.0 Å². The highest BCUT2D eigenvalue weighted by Gasteiger charge is 2.29. The maximum absolute atomic E-state index is 4.57. The van der Waals surface area contributed by atoms with Crippen LogP contribution in [0.5, 0.6) is 0 Å². The number of nitrogens with one attached hydrogen (secondary N) is 1. The van der Waals surface area contributed by atoms with Gasteiger partial charge in [-0.25, -0.2) is 0 Å². The van der Waals surface area contributed by atoms with Crippen LogP contribution in [0, 0.1) is 0 Å². The van der Waals surface area contributed by atoms with E-state index in [-0.39, 0.29) is 0 Å². The maximum Gasteiger partial charge on any atom is 0.120 e. The van der Waals surface area contributed by atoms with Crippen LogP contribution in [0.1, 0.15) is 18.3 Å². The first-order chi connectivity index (χ1) is 10.7. The van der Waals surface area contributed by atoms with E-state index in [9.17, 15) is 0 Å². The molecule has 1 aromatic rings. The summed E-state index contributed by atoms with van der Waals surface area (Å²) in [6.07, 6.45) is 6.66. The second-order valence-electron chi connectivity index (χ2n) is 5.87. The standard InChI is InChI=1S/C15H19N7/c1-10-9-22(8-7-16-10)13-5-6-17-18-11-3-4-12-15(14(11)13)20-21(2)19-12/h3,5-6,10,16H,4,7-9H2,1-2H3. The molecule has 0 aromatic carbocycles. The Morgan fingerprint density at radius 2 is 2.23 bits per heavy atom. The van der Waals surface area contributed by atoms with Gasteiger partial charge in [-0.3, -0.25) is 0 Å². The van der Waals surface area contributed by atoms with Crippen molar-refractivity contribution in [2.45, 2.75) is 19.4 Å². The first-order valence-electron chi connectivity index (χ1n) is 7.63. The topological polar surface area (TPSA) is 70.7 Å². The molecule has 3 aliphatic rings. The number of azo groups is 1. The van der Waals surface area contributed by atoms with E-state index in [2.05, 4.69) is 43.6 Å². The zero-order valence-electron chi connectivity index (χ0n) is 12.8. The molecule has 4 rings (SSSR count). The fourth-order valence-corrected chi connectivity index (χ4v) is 3.24. The van der Waals surface area contributed by atoms with E-state index in [1.807, 2.05) is 13.1 Å². The van der Waals surface area contributed by atoms with Crippen molar-refractivity contribution in [3.63, 3.8) is 0 Å². The second-order valence-corrected chi connectivity index (χ2v) is 5.87. The Balaban J connectivity index is 1.86. The third kappa shape index (κ3) is 2.18. The Kier molecular flexibility index (Phi) is 3.15. The smallest absolute Gasteiger partial charge is 0.120 e. The molecule has 1 aromatic heterocycles. The van der Waals surface area contributed by atoms with Gasteiger partial charge in [-0.15, -0.1) is 0 Å². The van der Waals surface area contributed by atoms with Crippen LogP contribution in [0.2, 0.25) is 0 Å². The van der Waals surface area contributed by atoms with Gasteiger partial charge in [-0.2, -0.15) is 25.2 Å². The zero-order valence-corrected chi connectivity index (χ0v) is 12.8. The van der Waals surface area contributed by atoms with Crippen molar-refractivity contribution < 1.29 is 0 Å². The van der Waals surface area contributed by atoms with Crippen LogP contribution in [-0.2, 0) is 13.5 Å². The molecule has 1 N–H and O–H groups in total. The highest BCUT2D eigenvalue weighted by Crippen LogP contribution is 2.36. The molecule has 0 spiro atoms. The summed E-state index contributed by atoms with van der Waals surface area (Å²) in [5.41, 5.74) is 5.05. The summed E-state index contributed by atoms with van der Waals surface area (Å²) in [7, 11) is 1.86. The molecule has 0 bridgehead atoms. The second kappa shape index (κ2) is 5.17. The fraction of sp³-hybridized carbons (Fsp3) is 0.467. The molecule has 1 saturated heterocycles. The maximum atomic E-state index is 4.57. The van der Waals surface area contributed by atoms with E-state index in [1.54, 1.807) is 11.0 Å². The molecule has 1 fully saturated rings. The number of hydrogen-bond acceptors (Lipinski definition) is 6. The van der Waals surface area contributed by atoms with Crippen molar-refractivity contribution in [3.8, 4) is 0 Å². The third-order valence-electron chi connectivity index (χ3n) is 4.20. The summed E-state index contributed by atoms with van der Waals surface area (Å²) in [5, 5.41) is 21.0. The van der Waals surface area contributed by atoms with Crippen LogP contribution in [-0.4, -0.2) is 45.6 Å². The van der Waals surface area contributed by atoms with Gasteiger partial charge in [0.1, 0.15) is 5.69 Å². The van der Waals surface area contributed by atoms with Gasteiger partial charge in [0, 0.05) is 39.1 Å². The molecular weight excluding hydrogens is 278 g/mol. The minimum Gasteiger partial charge on any atom is -0.368 e. The molecule has 7 heteroatoms. The van der Waals surface area contributed by atoms with Gasteiger partial charge in [0.05, 0.1) is 28.9 Å². The molecule has 2 aliphatic heterocycles. The average Bonchev–Trinajstić information content (AvgIpc) is 2.75. The molecule has 1 unspecified atom stereocenters. The monoisotopic (exact) mass is 297 g/mol. The molecule has 1 atom stereocenters. The minimum atomic E-state index is 0.463. The molecule has 0 amide bonds. The van der Waals surface area contributed by atoms with Crippen LogP contribution >= 0.6 is 0 Å². The van der Waals surface area contributed by atoms with E-state index in [0.29, 0.717) is 6.04 Å². The van der Waals surface area contributed by atoms with Crippen molar-refractivity contribution in [1.29, 1.82) is 0 Å². The van der Waals surface area contributed by atoms with Crippen molar-refractivity contribution in [2.24, 2.45) is 17.3 Å². The Labute approximate surface area is 129 Å². The van der Waals surface area contributed by atoms with E-state index < -0.39 is 0 Å². The minimum absolute atomic E-state index is 0.463.